The number of allylic oxidation sites excluding steroid dienone is 1. The first-order valence-corrected chi connectivity index (χ1v) is 9.96. The molecular formula is C24H31N3O. The van der Waals surface area contributed by atoms with E-state index in [1.165, 1.54) is 11.1 Å². The van der Waals surface area contributed by atoms with Crippen LogP contribution in [0, 0.1) is 0 Å². The Morgan fingerprint density at radius 1 is 1.00 bits per heavy atom. The van der Waals surface area contributed by atoms with Crippen molar-refractivity contribution < 1.29 is 4.79 Å². The van der Waals surface area contributed by atoms with Crippen LogP contribution in [0.1, 0.15) is 27.0 Å². The molecule has 0 N–H and O–H groups in total. The number of hydrogen-bond acceptors (Lipinski definition) is 4. The largest absolute Gasteiger partial charge is 0.305 e. The van der Waals surface area contributed by atoms with Gasteiger partial charge in [-0.1, -0.05) is 54.6 Å². The fourth-order valence-corrected chi connectivity index (χ4v) is 3.49. The van der Waals surface area contributed by atoms with E-state index in [2.05, 4.69) is 39.9 Å². The Morgan fingerprint density at radius 3 is 2.36 bits per heavy atom. The van der Waals surface area contributed by atoms with Crippen molar-refractivity contribution >= 4 is 11.9 Å². The van der Waals surface area contributed by atoms with E-state index >= 15 is 0 Å². The summed E-state index contributed by atoms with van der Waals surface area (Å²) in [5.41, 5.74) is 4.34. The van der Waals surface area contributed by atoms with Crippen LogP contribution >= 0.6 is 0 Å². The number of piperazine rings is 1. The normalized spacial score (nSPS) is 16.1. The number of likely N-dealkylation sites (N-methyl/N-ethyl adjacent to an activating group) is 1. The van der Waals surface area contributed by atoms with E-state index in [1.807, 2.05) is 50.5 Å². The lowest BCUT2D eigenvalue weighted by molar-refractivity contribution is 0.104. The van der Waals surface area contributed by atoms with Crippen LogP contribution in [-0.4, -0.2) is 67.8 Å². The van der Waals surface area contributed by atoms with Crippen LogP contribution in [0.5, 0.6) is 0 Å². The Balaban J connectivity index is 1.65. The number of ketones is 1. The van der Waals surface area contributed by atoms with Gasteiger partial charge in [-0.25, -0.2) is 0 Å². The molecule has 4 nitrogen and oxygen atoms in total. The minimum atomic E-state index is 0.0470. The maximum absolute atomic E-state index is 12.6. The summed E-state index contributed by atoms with van der Waals surface area (Å²) in [4.78, 5) is 19.5. The zero-order chi connectivity index (χ0) is 19.9. The van der Waals surface area contributed by atoms with E-state index in [-0.39, 0.29) is 5.78 Å². The van der Waals surface area contributed by atoms with Gasteiger partial charge < -0.3 is 9.80 Å². The summed E-state index contributed by atoms with van der Waals surface area (Å²) in [6.45, 7) is 6.21. The monoisotopic (exact) mass is 377 g/mol. The van der Waals surface area contributed by atoms with Gasteiger partial charge in [0.2, 0.25) is 0 Å². The highest BCUT2D eigenvalue weighted by Gasteiger charge is 2.14. The quantitative estimate of drug-likeness (QED) is 0.546. The molecule has 0 aliphatic carbocycles. The highest BCUT2D eigenvalue weighted by molar-refractivity contribution is 6.06. The van der Waals surface area contributed by atoms with Gasteiger partial charge in [-0.15, -0.1) is 0 Å². The van der Waals surface area contributed by atoms with E-state index < -0.39 is 0 Å². The highest BCUT2D eigenvalue weighted by atomic mass is 16.1. The van der Waals surface area contributed by atoms with E-state index in [0.29, 0.717) is 0 Å². The first kappa shape index (κ1) is 20.5. The molecule has 0 amide bonds. The summed E-state index contributed by atoms with van der Waals surface area (Å²) in [6, 6.07) is 16.3. The molecule has 0 spiro atoms. The first-order chi connectivity index (χ1) is 13.5. The molecular weight excluding hydrogens is 346 g/mol. The molecule has 1 heterocycles. The van der Waals surface area contributed by atoms with Crippen LogP contribution in [0.2, 0.25) is 0 Å². The maximum Gasteiger partial charge on any atom is 0.185 e. The summed E-state index contributed by atoms with van der Waals surface area (Å²) in [7, 11) is 6.26. The van der Waals surface area contributed by atoms with E-state index in [0.717, 1.165) is 50.4 Å². The number of benzene rings is 2. The average Bonchev–Trinajstić information content (AvgIpc) is 2.69. The molecule has 0 bridgehead atoms. The first-order valence-electron chi connectivity index (χ1n) is 9.96. The van der Waals surface area contributed by atoms with Crippen molar-refractivity contribution in [3.05, 3.63) is 76.9 Å². The summed E-state index contributed by atoms with van der Waals surface area (Å²) < 4.78 is 0. The summed E-state index contributed by atoms with van der Waals surface area (Å²) in [6.07, 6.45) is 3.66. The molecule has 0 radical (unpaired) electrons. The van der Waals surface area contributed by atoms with Crippen molar-refractivity contribution in [1.82, 2.24) is 14.7 Å². The molecule has 0 saturated carbocycles. The van der Waals surface area contributed by atoms with Crippen molar-refractivity contribution in [3.8, 4) is 0 Å². The predicted octanol–water partition coefficient (Wildman–Crippen LogP) is 3.39. The number of rotatable bonds is 7. The Bertz CT molecular complexity index is 803. The fraction of sp³-hybridized carbons (Fsp3) is 0.375. The van der Waals surface area contributed by atoms with Gasteiger partial charge in [0, 0.05) is 44.8 Å². The van der Waals surface area contributed by atoms with Gasteiger partial charge >= 0.3 is 0 Å². The third-order valence-corrected chi connectivity index (χ3v) is 5.20. The molecule has 148 valence electrons. The summed E-state index contributed by atoms with van der Waals surface area (Å²) in [5, 5.41) is 0. The van der Waals surface area contributed by atoms with Crippen molar-refractivity contribution in [1.29, 1.82) is 0 Å². The minimum absolute atomic E-state index is 0.0470. The molecule has 1 aliphatic heterocycles. The molecule has 0 atom stereocenters. The van der Waals surface area contributed by atoms with E-state index in [1.54, 1.807) is 6.08 Å². The maximum atomic E-state index is 12.6. The lowest BCUT2D eigenvalue weighted by Gasteiger charge is -2.32. The Hall–Kier alpha value is -2.27. The van der Waals surface area contributed by atoms with E-state index in [9.17, 15) is 4.79 Å². The van der Waals surface area contributed by atoms with Crippen molar-refractivity contribution in [2.45, 2.75) is 13.1 Å². The van der Waals surface area contributed by atoms with Gasteiger partial charge in [-0.05, 0) is 43.9 Å². The molecule has 1 saturated heterocycles. The van der Waals surface area contributed by atoms with Crippen molar-refractivity contribution in [2.75, 3.05) is 47.3 Å². The molecule has 1 fully saturated rings. The second kappa shape index (κ2) is 9.78. The molecule has 3 rings (SSSR count). The summed E-state index contributed by atoms with van der Waals surface area (Å²) in [5.74, 6) is 0.0470. The van der Waals surface area contributed by atoms with E-state index in [4.69, 9.17) is 0 Å². The number of nitrogens with zero attached hydrogens (tertiary/aromatic N) is 3. The standard InChI is InChI=1S/C24H31N3O/c1-25(2)18-20-8-10-22(11-9-20)24(28)13-12-21-6-4-5-7-23(21)19-27-16-14-26(3)15-17-27/h4-13H,14-19H2,1-3H3/b13-12+. The second-order valence-electron chi connectivity index (χ2n) is 7.91. The minimum Gasteiger partial charge on any atom is -0.305 e. The lowest BCUT2D eigenvalue weighted by Crippen LogP contribution is -2.43. The topological polar surface area (TPSA) is 26.8 Å². The van der Waals surface area contributed by atoms with Gasteiger partial charge in [-0.3, -0.25) is 9.69 Å². The molecule has 2 aromatic rings. The number of carbonyl (C=O) groups is 1. The second-order valence-corrected chi connectivity index (χ2v) is 7.91. The average molecular weight is 378 g/mol. The Morgan fingerprint density at radius 2 is 1.68 bits per heavy atom. The zero-order valence-electron chi connectivity index (χ0n) is 17.3. The molecule has 0 unspecified atom stereocenters. The van der Waals surface area contributed by atoms with Crippen LogP contribution in [0.25, 0.3) is 6.08 Å². The van der Waals surface area contributed by atoms with Crippen molar-refractivity contribution in [3.63, 3.8) is 0 Å². The number of carbonyl (C=O) groups excluding carboxylic acids is 1. The van der Waals surface area contributed by atoms with Crippen molar-refractivity contribution in [2.24, 2.45) is 0 Å². The Labute approximate surface area is 169 Å². The Kier molecular flexibility index (Phi) is 7.15. The SMILES string of the molecule is CN(C)Cc1ccc(C(=O)/C=C/c2ccccc2CN2CCN(C)CC2)cc1. The number of hydrogen-bond donors (Lipinski definition) is 0. The third-order valence-electron chi connectivity index (χ3n) is 5.20. The molecule has 0 aromatic heterocycles. The fourth-order valence-electron chi connectivity index (χ4n) is 3.49. The molecule has 1 aliphatic rings. The predicted molar refractivity (Wildman–Crippen MR) is 116 cm³/mol. The van der Waals surface area contributed by atoms with Crippen LogP contribution in [0.15, 0.2) is 54.6 Å². The van der Waals surface area contributed by atoms with Gasteiger partial charge in [-0.2, -0.15) is 0 Å². The zero-order valence-corrected chi connectivity index (χ0v) is 17.3. The van der Waals surface area contributed by atoms with Crippen LogP contribution in [-0.2, 0) is 13.1 Å². The lowest BCUT2D eigenvalue weighted by atomic mass is 10.0. The van der Waals surface area contributed by atoms with Crippen LogP contribution < -0.4 is 0 Å². The summed E-state index contributed by atoms with van der Waals surface area (Å²) >= 11 is 0. The van der Waals surface area contributed by atoms with Gasteiger partial charge in [0.25, 0.3) is 0 Å². The van der Waals surface area contributed by atoms with Crippen LogP contribution in [0.3, 0.4) is 0 Å². The highest BCUT2D eigenvalue weighted by Crippen LogP contribution is 2.16. The van der Waals surface area contributed by atoms with Crippen LogP contribution in [0.4, 0.5) is 0 Å². The molecule has 28 heavy (non-hydrogen) atoms. The smallest absolute Gasteiger partial charge is 0.185 e. The van der Waals surface area contributed by atoms with Gasteiger partial charge in [0.15, 0.2) is 5.78 Å². The van der Waals surface area contributed by atoms with Gasteiger partial charge in [0.1, 0.15) is 0 Å². The molecule has 4 heteroatoms. The third kappa shape index (κ3) is 5.86. The van der Waals surface area contributed by atoms with Gasteiger partial charge in [0.05, 0.1) is 0 Å². The molecule has 2 aromatic carbocycles.